The summed E-state index contributed by atoms with van der Waals surface area (Å²) in [4.78, 5) is 0. The van der Waals surface area contributed by atoms with Gasteiger partial charge in [0.15, 0.2) is 0 Å². The van der Waals surface area contributed by atoms with Gasteiger partial charge in [-0.1, -0.05) is 29.3 Å². The zero-order chi connectivity index (χ0) is 9.68. The van der Waals surface area contributed by atoms with E-state index in [4.69, 9.17) is 4.74 Å². The van der Waals surface area contributed by atoms with Crippen LogP contribution in [0.4, 0.5) is 0 Å². The molecule has 1 nitrogen and oxygen atoms in total. The minimum absolute atomic E-state index is 0.812. The van der Waals surface area contributed by atoms with E-state index in [1.165, 1.54) is 12.0 Å². The average molecular weight is 243 g/mol. The smallest absolute Gasteiger partial charge is 0.120 e. The molecule has 0 spiro atoms. The van der Waals surface area contributed by atoms with E-state index in [9.17, 15) is 0 Å². The predicted octanol–water partition coefficient (Wildman–Crippen LogP) is 3.94. The Morgan fingerprint density at radius 3 is 2.69 bits per heavy atom. The first-order valence-corrected chi connectivity index (χ1v) is 5.41. The number of halogens is 1. The van der Waals surface area contributed by atoms with Crippen LogP contribution in [0, 0.1) is 6.92 Å². The van der Waals surface area contributed by atoms with Gasteiger partial charge in [-0.2, -0.15) is 0 Å². The fourth-order valence-electron chi connectivity index (χ4n) is 1.12. The lowest BCUT2D eigenvalue weighted by Gasteiger charge is -2.06. The van der Waals surface area contributed by atoms with E-state index >= 15 is 0 Å². The van der Waals surface area contributed by atoms with Crippen LogP contribution in [0.1, 0.15) is 25.3 Å². The third kappa shape index (κ3) is 3.81. The molecule has 0 aliphatic carbocycles. The van der Waals surface area contributed by atoms with Gasteiger partial charge in [0.1, 0.15) is 5.75 Å². The molecule has 0 saturated heterocycles. The number of hydrogen-bond acceptors (Lipinski definition) is 1. The third-order valence-electron chi connectivity index (χ3n) is 1.78. The van der Waals surface area contributed by atoms with Crippen molar-refractivity contribution in [1.29, 1.82) is 0 Å². The normalized spacial score (nSPS) is 10.1. The summed E-state index contributed by atoms with van der Waals surface area (Å²) in [6, 6.07) is 6.13. The molecule has 2 heteroatoms. The summed E-state index contributed by atoms with van der Waals surface area (Å²) < 4.78 is 6.66. The minimum Gasteiger partial charge on any atom is -0.494 e. The molecule has 1 aromatic rings. The van der Waals surface area contributed by atoms with Crippen LogP contribution in [0.2, 0.25) is 0 Å². The van der Waals surface area contributed by atoms with E-state index in [0.29, 0.717) is 0 Å². The minimum atomic E-state index is 0.812. The van der Waals surface area contributed by atoms with Gasteiger partial charge in [-0.15, -0.1) is 0 Å². The molecule has 0 heterocycles. The maximum atomic E-state index is 5.58. The van der Waals surface area contributed by atoms with Gasteiger partial charge in [0.2, 0.25) is 0 Å². The Kier molecular flexibility index (Phi) is 4.29. The van der Waals surface area contributed by atoms with E-state index in [1.54, 1.807) is 0 Å². The van der Waals surface area contributed by atoms with Crippen molar-refractivity contribution in [2.24, 2.45) is 0 Å². The molecular formula is C11H15BrO. The summed E-state index contributed by atoms with van der Waals surface area (Å²) in [5, 5.41) is 0. The highest BCUT2D eigenvalue weighted by molar-refractivity contribution is 9.10. The highest BCUT2D eigenvalue weighted by Crippen LogP contribution is 2.21. The summed E-state index contributed by atoms with van der Waals surface area (Å²) in [5.74, 6) is 0.959. The van der Waals surface area contributed by atoms with Crippen LogP contribution in [0.15, 0.2) is 22.7 Å². The van der Waals surface area contributed by atoms with Gasteiger partial charge in [0, 0.05) is 4.47 Å². The maximum Gasteiger partial charge on any atom is 0.120 e. The number of aryl methyl sites for hydroxylation is 1. The van der Waals surface area contributed by atoms with Crippen LogP contribution in [-0.2, 0) is 0 Å². The fourth-order valence-corrected chi connectivity index (χ4v) is 1.71. The van der Waals surface area contributed by atoms with Crippen molar-refractivity contribution in [3.05, 3.63) is 28.2 Å². The van der Waals surface area contributed by atoms with Crippen molar-refractivity contribution < 1.29 is 4.74 Å². The van der Waals surface area contributed by atoms with E-state index in [2.05, 4.69) is 41.9 Å². The lowest BCUT2D eigenvalue weighted by atomic mass is 10.2. The molecule has 0 amide bonds. The van der Waals surface area contributed by atoms with Crippen LogP contribution in [0.3, 0.4) is 0 Å². The second-order valence-electron chi connectivity index (χ2n) is 3.17. The average Bonchev–Trinajstić information content (AvgIpc) is 2.03. The molecular weight excluding hydrogens is 228 g/mol. The van der Waals surface area contributed by atoms with Gasteiger partial charge in [-0.3, -0.25) is 0 Å². The van der Waals surface area contributed by atoms with Gasteiger partial charge >= 0.3 is 0 Å². The van der Waals surface area contributed by atoms with Crippen LogP contribution in [-0.4, -0.2) is 6.61 Å². The molecule has 1 rings (SSSR count). The monoisotopic (exact) mass is 242 g/mol. The molecule has 0 atom stereocenters. The highest BCUT2D eigenvalue weighted by Gasteiger charge is 1.96. The zero-order valence-corrected chi connectivity index (χ0v) is 9.73. The number of ether oxygens (including phenoxy) is 1. The molecule has 0 aliphatic rings. The van der Waals surface area contributed by atoms with Gasteiger partial charge in [-0.05, 0) is 37.1 Å². The Balaban J connectivity index is 2.56. The van der Waals surface area contributed by atoms with Gasteiger partial charge < -0.3 is 4.74 Å². The molecule has 0 aromatic heterocycles. The molecule has 0 aliphatic heterocycles. The Bertz CT molecular complexity index is 251. The molecule has 0 bridgehead atoms. The number of unbranched alkanes of at least 4 members (excludes halogenated alkanes) is 1. The second-order valence-corrected chi connectivity index (χ2v) is 4.08. The molecule has 0 unspecified atom stereocenters. The number of benzene rings is 1. The van der Waals surface area contributed by atoms with Crippen molar-refractivity contribution in [3.8, 4) is 5.75 Å². The summed E-state index contributed by atoms with van der Waals surface area (Å²) in [7, 11) is 0. The molecule has 1 aromatic carbocycles. The lowest BCUT2D eigenvalue weighted by molar-refractivity contribution is 0.309. The van der Waals surface area contributed by atoms with Crippen molar-refractivity contribution in [3.63, 3.8) is 0 Å². The first-order chi connectivity index (χ1) is 6.22. The summed E-state index contributed by atoms with van der Waals surface area (Å²) >= 11 is 3.44. The summed E-state index contributed by atoms with van der Waals surface area (Å²) in [6.07, 6.45) is 2.29. The quantitative estimate of drug-likeness (QED) is 0.728. The first-order valence-electron chi connectivity index (χ1n) is 4.62. The third-order valence-corrected chi connectivity index (χ3v) is 2.24. The molecule has 72 valence electrons. The summed E-state index contributed by atoms with van der Waals surface area (Å²) in [5.41, 5.74) is 1.22. The highest BCUT2D eigenvalue weighted by atomic mass is 79.9. The first kappa shape index (κ1) is 10.6. The van der Waals surface area contributed by atoms with Crippen molar-refractivity contribution in [1.82, 2.24) is 0 Å². The maximum absolute atomic E-state index is 5.58. The van der Waals surface area contributed by atoms with E-state index in [0.717, 1.165) is 23.2 Å². The lowest BCUT2D eigenvalue weighted by Crippen LogP contribution is -1.96. The van der Waals surface area contributed by atoms with Crippen molar-refractivity contribution in [2.45, 2.75) is 26.7 Å². The standard InChI is InChI=1S/C11H15BrO/c1-3-4-5-13-11-7-9(2)6-10(12)8-11/h6-8H,3-5H2,1-2H3. The second kappa shape index (κ2) is 5.28. The van der Waals surface area contributed by atoms with Gasteiger partial charge in [-0.25, -0.2) is 0 Å². The van der Waals surface area contributed by atoms with Crippen LogP contribution < -0.4 is 4.74 Å². The van der Waals surface area contributed by atoms with Crippen LogP contribution in [0.25, 0.3) is 0 Å². The number of rotatable bonds is 4. The Labute approximate surface area is 88.2 Å². The van der Waals surface area contributed by atoms with Crippen molar-refractivity contribution >= 4 is 15.9 Å². The predicted molar refractivity (Wildman–Crippen MR) is 59.3 cm³/mol. The van der Waals surface area contributed by atoms with Crippen LogP contribution in [0.5, 0.6) is 5.75 Å². The molecule has 0 radical (unpaired) electrons. The van der Waals surface area contributed by atoms with E-state index in [-0.39, 0.29) is 0 Å². The van der Waals surface area contributed by atoms with Gasteiger partial charge in [0.05, 0.1) is 6.61 Å². The van der Waals surface area contributed by atoms with E-state index < -0.39 is 0 Å². The molecule has 0 N–H and O–H groups in total. The molecule has 0 saturated carbocycles. The number of hydrogen-bond donors (Lipinski definition) is 0. The van der Waals surface area contributed by atoms with E-state index in [1.807, 2.05) is 6.07 Å². The van der Waals surface area contributed by atoms with Crippen molar-refractivity contribution in [2.75, 3.05) is 6.61 Å². The Morgan fingerprint density at radius 1 is 1.31 bits per heavy atom. The SMILES string of the molecule is CCCCOc1cc(C)cc(Br)c1. The largest absolute Gasteiger partial charge is 0.494 e. The Hall–Kier alpha value is -0.500. The topological polar surface area (TPSA) is 9.23 Å². The molecule has 13 heavy (non-hydrogen) atoms. The summed E-state index contributed by atoms with van der Waals surface area (Å²) in [6.45, 7) is 5.04. The Morgan fingerprint density at radius 2 is 2.08 bits per heavy atom. The molecule has 0 fully saturated rings. The zero-order valence-electron chi connectivity index (χ0n) is 8.14. The van der Waals surface area contributed by atoms with Crippen LogP contribution >= 0.6 is 15.9 Å². The fraction of sp³-hybridized carbons (Fsp3) is 0.455. The van der Waals surface area contributed by atoms with Gasteiger partial charge in [0.25, 0.3) is 0 Å².